The molecule has 0 unspecified atom stereocenters. The van der Waals surface area contributed by atoms with Crippen LogP contribution < -0.4 is 0 Å². The van der Waals surface area contributed by atoms with Gasteiger partial charge in [-0.25, -0.2) is 4.98 Å². The van der Waals surface area contributed by atoms with E-state index in [0.29, 0.717) is 17.5 Å². The molecule has 2 N–H and O–H groups in total. The van der Waals surface area contributed by atoms with Crippen LogP contribution in [0.15, 0.2) is 17.0 Å². The molecule has 3 rings (SSSR count). The molecule has 0 aromatic carbocycles. The Labute approximate surface area is 89.1 Å². The molecule has 0 fully saturated rings. The maximum atomic E-state index is 5.10. The Kier molecular flexibility index (Phi) is 1.79. The Bertz CT molecular complexity index is 593. The third kappa shape index (κ3) is 1.28. The van der Waals surface area contributed by atoms with Crippen LogP contribution in [-0.4, -0.2) is 35.5 Å². The van der Waals surface area contributed by atoms with Crippen molar-refractivity contribution in [3.63, 3.8) is 0 Å². The van der Waals surface area contributed by atoms with Crippen molar-refractivity contribution in [2.24, 2.45) is 0 Å². The largest absolute Gasteiger partial charge is 0.333 e. The van der Waals surface area contributed by atoms with Gasteiger partial charge in [0, 0.05) is 5.69 Å². The molecule has 3 aromatic heterocycles. The van der Waals surface area contributed by atoms with Crippen LogP contribution in [-0.2, 0) is 0 Å². The molecule has 0 spiro atoms. The Morgan fingerprint density at radius 3 is 2.88 bits per heavy atom. The van der Waals surface area contributed by atoms with E-state index < -0.39 is 0 Å². The van der Waals surface area contributed by atoms with Crippen molar-refractivity contribution in [2.75, 3.05) is 0 Å². The molecule has 0 radical (unpaired) electrons. The van der Waals surface area contributed by atoms with Gasteiger partial charge in [0.1, 0.15) is 6.33 Å². The van der Waals surface area contributed by atoms with Crippen LogP contribution in [0.4, 0.5) is 0 Å². The predicted molar refractivity (Wildman–Crippen MR) is 52.0 cm³/mol. The molecule has 0 aliphatic carbocycles. The number of aromatic amines is 2. The fraction of sp³-hybridized carbons (Fsp3) is 0.125. The Hall–Kier alpha value is -2.51. The molecule has 0 aliphatic rings. The third-order valence-corrected chi connectivity index (χ3v) is 2.11. The van der Waals surface area contributed by atoms with Crippen molar-refractivity contribution in [3.8, 4) is 23.1 Å². The molecule has 0 atom stereocenters. The lowest BCUT2D eigenvalue weighted by Gasteiger charge is -1.87. The van der Waals surface area contributed by atoms with Crippen molar-refractivity contribution in [1.29, 1.82) is 0 Å². The lowest BCUT2D eigenvalue weighted by atomic mass is 10.3. The number of rotatable bonds is 2. The molecule has 3 heterocycles. The number of nitrogens with one attached hydrogen (secondary N) is 2. The van der Waals surface area contributed by atoms with E-state index in [9.17, 15) is 0 Å². The highest BCUT2D eigenvalue weighted by Crippen LogP contribution is 2.21. The Morgan fingerprint density at radius 2 is 2.19 bits per heavy atom. The van der Waals surface area contributed by atoms with Crippen LogP contribution >= 0.6 is 0 Å². The van der Waals surface area contributed by atoms with Gasteiger partial charge in [0.25, 0.3) is 5.89 Å². The van der Waals surface area contributed by atoms with Crippen LogP contribution in [0.1, 0.15) is 5.69 Å². The molecule has 8 heteroatoms. The Morgan fingerprint density at radius 1 is 1.25 bits per heavy atom. The third-order valence-electron chi connectivity index (χ3n) is 2.11. The Balaban J connectivity index is 2.03. The second-order valence-electron chi connectivity index (χ2n) is 3.17. The summed E-state index contributed by atoms with van der Waals surface area (Å²) in [4.78, 5) is 8.11. The second kappa shape index (κ2) is 3.26. The van der Waals surface area contributed by atoms with Crippen LogP contribution in [0.25, 0.3) is 23.1 Å². The highest BCUT2D eigenvalue weighted by molar-refractivity contribution is 5.56. The maximum absolute atomic E-state index is 5.10. The van der Waals surface area contributed by atoms with E-state index >= 15 is 0 Å². The summed E-state index contributed by atoms with van der Waals surface area (Å²) in [6.45, 7) is 1.88. The van der Waals surface area contributed by atoms with Gasteiger partial charge in [-0.1, -0.05) is 5.16 Å². The SMILES string of the molecule is Cc1[nH]ncc1-c1nc(-c2ncn[nH]2)no1. The lowest BCUT2D eigenvalue weighted by Crippen LogP contribution is -1.83. The van der Waals surface area contributed by atoms with Crippen molar-refractivity contribution in [3.05, 3.63) is 18.2 Å². The van der Waals surface area contributed by atoms with Crippen molar-refractivity contribution in [1.82, 2.24) is 35.5 Å². The summed E-state index contributed by atoms with van der Waals surface area (Å²) in [7, 11) is 0. The van der Waals surface area contributed by atoms with E-state index in [0.717, 1.165) is 11.3 Å². The van der Waals surface area contributed by atoms with Crippen LogP contribution in [0.3, 0.4) is 0 Å². The zero-order valence-corrected chi connectivity index (χ0v) is 8.30. The van der Waals surface area contributed by atoms with Gasteiger partial charge >= 0.3 is 0 Å². The van der Waals surface area contributed by atoms with E-state index in [1.807, 2.05) is 6.92 Å². The molecular weight excluding hydrogens is 210 g/mol. The normalized spacial score (nSPS) is 10.8. The first-order valence-electron chi connectivity index (χ1n) is 4.54. The number of H-pyrrole nitrogens is 2. The summed E-state index contributed by atoms with van der Waals surface area (Å²) < 4.78 is 5.10. The molecule has 16 heavy (non-hydrogen) atoms. The van der Waals surface area contributed by atoms with Crippen molar-refractivity contribution >= 4 is 0 Å². The smallest absolute Gasteiger partial charge is 0.261 e. The lowest BCUT2D eigenvalue weighted by molar-refractivity contribution is 0.431. The average molecular weight is 217 g/mol. The quantitative estimate of drug-likeness (QED) is 0.648. The standard InChI is InChI=1S/C8H7N7O/c1-4-5(2-10-13-4)8-12-7(15-16-8)6-9-3-11-14-6/h2-3H,1H3,(H,10,13)(H,9,11,14). The summed E-state index contributed by atoms with van der Waals surface area (Å²) in [6, 6.07) is 0. The zero-order chi connectivity index (χ0) is 11.0. The van der Waals surface area contributed by atoms with Crippen LogP contribution in [0.2, 0.25) is 0 Å². The van der Waals surface area contributed by atoms with Gasteiger partial charge in [0.15, 0.2) is 5.82 Å². The number of nitrogens with zero attached hydrogens (tertiary/aromatic N) is 5. The number of aromatic nitrogens is 7. The average Bonchev–Trinajstić information content (AvgIpc) is 2.96. The van der Waals surface area contributed by atoms with Gasteiger partial charge in [-0.2, -0.15) is 15.2 Å². The molecule has 0 amide bonds. The first-order valence-corrected chi connectivity index (χ1v) is 4.54. The fourth-order valence-corrected chi connectivity index (χ4v) is 1.31. The molecule has 0 aliphatic heterocycles. The van der Waals surface area contributed by atoms with E-state index in [1.54, 1.807) is 6.20 Å². The van der Waals surface area contributed by atoms with Crippen molar-refractivity contribution < 1.29 is 4.52 Å². The molecular formula is C8H7N7O. The minimum atomic E-state index is 0.369. The topological polar surface area (TPSA) is 109 Å². The first-order chi connectivity index (χ1) is 7.84. The van der Waals surface area contributed by atoms with Crippen LogP contribution in [0.5, 0.6) is 0 Å². The van der Waals surface area contributed by atoms with Gasteiger partial charge in [-0.05, 0) is 6.92 Å². The van der Waals surface area contributed by atoms with Gasteiger partial charge in [0.05, 0.1) is 11.8 Å². The molecule has 8 nitrogen and oxygen atoms in total. The summed E-state index contributed by atoms with van der Waals surface area (Å²) in [5.41, 5.74) is 1.64. The predicted octanol–water partition coefficient (Wildman–Crippen LogP) is 0.553. The minimum absolute atomic E-state index is 0.369. The van der Waals surface area contributed by atoms with Crippen molar-refractivity contribution in [2.45, 2.75) is 6.92 Å². The van der Waals surface area contributed by atoms with E-state index in [1.165, 1.54) is 6.33 Å². The number of hydrogen-bond donors (Lipinski definition) is 2. The van der Waals surface area contributed by atoms with Gasteiger partial charge in [-0.15, -0.1) is 0 Å². The first kappa shape index (κ1) is 8.77. The number of aryl methyl sites for hydroxylation is 1. The maximum Gasteiger partial charge on any atom is 0.261 e. The van der Waals surface area contributed by atoms with E-state index in [-0.39, 0.29) is 0 Å². The minimum Gasteiger partial charge on any atom is -0.333 e. The summed E-state index contributed by atoms with van der Waals surface area (Å²) >= 11 is 0. The molecule has 0 saturated carbocycles. The van der Waals surface area contributed by atoms with Crippen LogP contribution in [0, 0.1) is 6.92 Å². The molecule has 0 bridgehead atoms. The van der Waals surface area contributed by atoms with E-state index in [4.69, 9.17) is 4.52 Å². The molecule has 80 valence electrons. The zero-order valence-electron chi connectivity index (χ0n) is 8.30. The van der Waals surface area contributed by atoms with E-state index in [2.05, 4.69) is 35.5 Å². The second-order valence-corrected chi connectivity index (χ2v) is 3.17. The molecule has 0 saturated heterocycles. The van der Waals surface area contributed by atoms with Gasteiger partial charge in [0.2, 0.25) is 5.82 Å². The summed E-state index contributed by atoms with van der Waals surface area (Å²) in [6.07, 6.45) is 3.02. The summed E-state index contributed by atoms with van der Waals surface area (Å²) in [5, 5.41) is 16.8. The monoisotopic (exact) mass is 217 g/mol. The van der Waals surface area contributed by atoms with Gasteiger partial charge < -0.3 is 4.52 Å². The molecule has 3 aromatic rings. The highest BCUT2D eigenvalue weighted by atomic mass is 16.5. The summed E-state index contributed by atoms with van der Waals surface area (Å²) in [5.74, 6) is 1.24. The fourth-order valence-electron chi connectivity index (χ4n) is 1.31. The van der Waals surface area contributed by atoms with Gasteiger partial charge in [-0.3, -0.25) is 10.2 Å². The highest BCUT2D eigenvalue weighted by Gasteiger charge is 2.14. The number of hydrogen-bond acceptors (Lipinski definition) is 6.